The molecule has 5 heteroatoms. The molecule has 0 aromatic heterocycles. The summed E-state index contributed by atoms with van der Waals surface area (Å²) >= 11 is 0. The summed E-state index contributed by atoms with van der Waals surface area (Å²) in [4.78, 5) is 0.338. The van der Waals surface area contributed by atoms with Gasteiger partial charge in [0.1, 0.15) is 0 Å². The average Bonchev–Trinajstić information content (AvgIpc) is 2.84. The highest BCUT2D eigenvalue weighted by molar-refractivity contribution is 7.89. The second kappa shape index (κ2) is 6.59. The van der Waals surface area contributed by atoms with Gasteiger partial charge in [0.15, 0.2) is 0 Å². The number of anilines is 1. The first-order valence-electron chi connectivity index (χ1n) is 7.35. The predicted molar refractivity (Wildman–Crippen MR) is 82.3 cm³/mol. The molecule has 4 nitrogen and oxygen atoms in total. The summed E-state index contributed by atoms with van der Waals surface area (Å²) in [6.07, 6.45) is 3.47. The summed E-state index contributed by atoms with van der Waals surface area (Å²) in [5.41, 5.74) is 0.941. The Balaban J connectivity index is 1.95. The second-order valence-electron chi connectivity index (χ2n) is 5.69. The topological polar surface area (TPSA) is 58.2 Å². The lowest BCUT2D eigenvalue weighted by Gasteiger charge is -2.12. The van der Waals surface area contributed by atoms with Gasteiger partial charge in [0.05, 0.1) is 4.90 Å². The zero-order valence-corrected chi connectivity index (χ0v) is 13.0. The molecule has 2 N–H and O–H groups in total. The Bertz CT molecular complexity index is 525. The largest absolute Gasteiger partial charge is 0.385 e. The first kappa shape index (κ1) is 15.3. The molecule has 1 fully saturated rings. The van der Waals surface area contributed by atoms with Gasteiger partial charge in [0.2, 0.25) is 10.0 Å². The van der Waals surface area contributed by atoms with Gasteiger partial charge in [-0.1, -0.05) is 13.3 Å². The van der Waals surface area contributed by atoms with Gasteiger partial charge < -0.3 is 5.32 Å². The van der Waals surface area contributed by atoms with Crippen LogP contribution in [0.3, 0.4) is 0 Å². The van der Waals surface area contributed by atoms with Crippen LogP contribution in [0.2, 0.25) is 0 Å². The molecular weight excluding hydrogens is 272 g/mol. The summed E-state index contributed by atoms with van der Waals surface area (Å²) in [5.74, 6) is 1.21. The van der Waals surface area contributed by atoms with E-state index in [-0.39, 0.29) is 0 Å². The fourth-order valence-electron chi connectivity index (χ4n) is 2.78. The van der Waals surface area contributed by atoms with Gasteiger partial charge in [0.25, 0.3) is 0 Å². The van der Waals surface area contributed by atoms with Crippen molar-refractivity contribution in [3.05, 3.63) is 24.3 Å². The van der Waals surface area contributed by atoms with E-state index in [0.29, 0.717) is 17.4 Å². The molecule has 0 aliphatic heterocycles. The number of rotatable bonds is 6. The molecule has 0 bridgehead atoms. The first-order chi connectivity index (χ1) is 9.51. The minimum Gasteiger partial charge on any atom is -0.385 e. The summed E-state index contributed by atoms with van der Waals surface area (Å²) < 4.78 is 27.2. The maximum absolute atomic E-state index is 12.2. The number of nitrogens with one attached hydrogen (secondary N) is 2. The number of hydrogen-bond donors (Lipinski definition) is 2. The standard InChI is InChI=1S/C15H24N2O2S/c1-3-16-14-6-8-15(9-7-14)20(18,19)17-11-13-5-4-12(2)10-13/h6-9,12-13,16-17H,3-5,10-11H2,1-2H3. The van der Waals surface area contributed by atoms with Crippen LogP contribution < -0.4 is 10.0 Å². The molecular formula is C15H24N2O2S. The zero-order valence-electron chi connectivity index (χ0n) is 12.2. The van der Waals surface area contributed by atoms with E-state index >= 15 is 0 Å². The number of sulfonamides is 1. The van der Waals surface area contributed by atoms with Crippen LogP contribution in [-0.4, -0.2) is 21.5 Å². The van der Waals surface area contributed by atoms with Crippen LogP contribution in [0.5, 0.6) is 0 Å². The Morgan fingerprint density at radius 1 is 1.20 bits per heavy atom. The molecule has 0 radical (unpaired) electrons. The summed E-state index contributed by atoms with van der Waals surface area (Å²) in [6, 6.07) is 6.90. The molecule has 1 aromatic rings. The highest BCUT2D eigenvalue weighted by atomic mass is 32.2. The molecule has 1 aromatic carbocycles. The van der Waals surface area contributed by atoms with Crippen LogP contribution in [0.4, 0.5) is 5.69 Å². The summed E-state index contributed by atoms with van der Waals surface area (Å²) in [6.45, 7) is 5.62. The molecule has 0 amide bonds. The SMILES string of the molecule is CCNc1ccc(S(=O)(=O)NCC2CCC(C)C2)cc1. The lowest BCUT2D eigenvalue weighted by atomic mass is 10.1. The maximum atomic E-state index is 12.2. The van der Waals surface area contributed by atoms with Crippen molar-refractivity contribution in [2.45, 2.75) is 38.0 Å². The lowest BCUT2D eigenvalue weighted by Crippen LogP contribution is -2.28. The minimum atomic E-state index is -3.37. The predicted octanol–water partition coefficient (Wildman–Crippen LogP) is 2.83. The Hall–Kier alpha value is -1.07. The highest BCUT2D eigenvalue weighted by Crippen LogP contribution is 2.29. The van der Waals surface area contributed by atoms with E-state index in [1.807, 2.05) is 6.92 Å². The molecule has 20 heavy (non-hydrogen) atoms. The highest BCUT2D eigenvalue weighted by Gasteiger charge is 2.23. The fraction of sp³-hybridized carbons (Fsp3) is 0.600. The third-order valence-electron chi connectivity index (χ3n) is 3.91. The molecule has 0 saturated heterocycles. The molecule has 2 rings (SSSR count). The van der Waals surface area contributed by atoms with Crippen LogP contribution in [0, 0.1) is 11.8 Å². The Morgan fingerprint density at radius 3 is 2.45 bits per heavy atom. The van der Waals surface area contributed by atoms with Gasteiger partial charge in [-0.05, 0) is 55.9 Å². The van der Waals surface area contributed by atoms with Gasteiger partial charge in [-0.25, -0.2) is 13.1 Å². The normalized spacial score (nSPS) is 22.9. The number of benzene rings is 1. The average molecular weight is 296 g/mol. The third kappa shape index (κ3) is 3.96. The van der Waals surface area contributed by atoms with E-state index in [4.69, 9.17) is 0 Å². The van der Waals surface area contributed by atoms with Crippen molar-refractivity contribution in [2.75, 3.05) is 18.4 Å². The van der Waals surface area contributed by atoms with Crippen molar-refractivity contribution < 1.29 is 8.42 Å². The van der Waals surface area contributed by atoms with Crippen LogP contribution in [0.15, 0.2) is 29.2 Å². The van der Waals surface area contributed by atoms with E-state index in [9.17, 15) is 8.42 Å². The third-order valence-corrected chi connectivity index (χ3v) is 5.35. The van der Waals surface area contributed by atoms with Gasteiger partial charge in [-0.15, -0.1) is 0 Å². The molecule has 1 saturated carbocycles. The van der Waals surface area contributed by atoms with Crippen molar-refractivity contribution in [3.63, 3.8) is 0 Å². The molecule has 0 heterocycles. The summed E-state index contributed by atoms with van der Waals surface area (Å²) in [5, 5.41) is 3.15. The van der Waals surface area contributed by atoms with Gasteiger partial charge in [-0.2, -0.15) is 0 Å². The van der Waals surface area contributed by atoms with E-state index in [0.717, 1.165) is 31.0 Å². The molecule has 112 valence electrons. The fourth-order valence-corrected chi connectivity index (χ4v) is 3.89. The second-order valence-corrected chi connectivity index (χ2v) is 7.46. The van der Waals surface area contributed by atoms with E-state index in [1.54, 1.807) is 24.3 Å². The van der Waals surface area contributed by atoms with Gasteiger partial charge in [0, 0.05) is 18.8 Å². The van der Waals surface area contributed by atoms with Crippen molar-refractivity contribution in [3.8, 4) is 0 Å². The van der Waals surface area contributed by atoms with Gasteiger partial charge >= 0.3 is 0 Å². The smallest absolute Gasteiger partial charge is 0.240 e. The monoisotopic (exact) mass is 296 g/mol. The molecule has 2 atom stereocenters. The van der Waals surface area contributed by atoms with E-state index in [1.165, 1.54) is 6.42 Å². The van der Waals surface area contributed by atoms with Crippen LogP contribution in [-0.2, 0) is 10.0 Å². The summed E-state index contributed by atoms with van der Waals surface area (Å²) in [7, 11) is -3.37. The maximum Gasteiger partial charge on any atom is 0.240 e. The Morgan fingerprint density at radius 2 is 1.90 bits per heavy atom. The Labute approximate surface area is 122 Å². The number of hydrogen-bond acceptors (Lipinski definition) is 3. The lowest BCUT2D eigenvalue weighted by molar-refractivity contribution is 0.498. The molecule has 1 aliphatic rings. The van der Waals surface area contributed by atoms with E-state index in [2.05, 4.69) is 17.0 Å². The Kier molecular flexibility index (Phi) is 5.05. The molecule has 0 spiro atoms. The molecule has 2 unspecified atom stereocenters. The van der Waals surface area contributed by atoms with Crippen LogP contribution in [0.25, 0.3) is 0 Å². The van der Waals surface area contributed by atoms with Crippen LogP contribution in [0.1, 0.15) is 33.1 Å². The van der Waals surface area contributed by atoms with Crippen molar-refractivity contribution in [1.29, 1.82) is 0 Å². The van der Waals surface area contributed by atoms with Gasteiger partial charge in [-0.3, -0.25) is 0 Å². The zero-order chi connectivity index (χ0) is 14.6. The first-order valence-corrected chi connectivity index (χ1v) is 8.83. The quantitative estimate of drug-likeness (QED) is 0.848. The minimum absolute atomic E-state index is 0.338. The van der Waals surface area contributed by atoms with Crippen molar-refractivity contribution >= 4 is 15.7 Å². The van der Waals surface area contributed by atoms with Crippen molar-refractivity contribution in [2.24, 2.45) is 11.8 Å². The van der Waals surface area contributed by atoms with Crippen molar-refractivity contribution in [1.82, 2.24) is 4.72 Å². The molecule has 1 aliphatic carbocycles. The van der Waals surface area contributed by atoms with E-state index < -0.39 is 10.0 Å². The van der Waals surface area contributed by atoms with Crippen LogP contribution >= 0.6 is 0 Å².